The van der Waals surface area contributed by atoms with Crippen molar-refractivity contribution in [2.45, 2.75) is 19.3 Å². The molecule has 158 valence electrons. The van der Waals surface area contributed by atoms with Crippen LogP contribution in [0.4, 0.5) is 0 Å². The van der Waals surface area contributed by atoms with Crippen molar-refractivity contribution in [1.82, 2.24) is 9.80 Å². The molecule has 1 spiro atoms. The van der Waals surface area contributed by atoms with Gasteiger partial charge < -0.3 is 14.2 Å². The zero-order valence-electron chi connectivity index (χ0n) is 17.5. The van der Waals surface area contributed by atoms with Crippen LogP contribution in [0, 0.1) is 5.41 Å². The number of piperidine rings is 1. The highest BCUT2D eigenvalue weighted by Gasteiger charge is 2.44. The number of hydrogen-bond acceptors (Lipinski definition) is 4. The van der Waals surface area contributed by atoms with Gasteiger partial charge in [-0.1, -0.05) is 30.3 Å². The lowest BCUT2D eigenvalue weighted by molar-refractivity contribution is -0.126. The van der Waals surface area contributed by atoms with Gasteiger partial charge in [-0.3, -0.25) is 9.59 Å². The third-order valence-corrected chi connectivity index (χ3v) is 6.70. The van der Waals surface area contributed by atoms with Crippen molar-refractivity contribution in [3.63, 3.8) is 0 Å². The van der Waals surface area contributed by atoms with E-state index in [1.54, 1.807) is 29.2 Å². The van der Waals surface area contributed by atoms with Gasteiger partial charge in [-0.25, -0.2) is 4.79 Å². The van der Waals surface area contributed by atoms with Crippen molar-refractivity contribution >= 4 is 22.8 Å². The first-order valence-electron chi connectivity index (χ1n) is 10.6. The van der Waals surface area contributed by atoms with Gasteiger partial charge in [0, 0.05) is 49.5 Å². The van der Waals surface area contributed by atoms with Crippen molar-refractivity contribution in [2.24, 2.45) is 5.41 Å². The van der Waals surface area contributed by atoms with E-state index in [0.717, 1.165) is 24.8 Å². The molecular formula is C25H24N2O4. The molecule has 5 rings (SSSR count). The van der Waals surface area contributed by atoms with Gasteiger partial charge in [-0.2, -0.15) is 0 Å². The predicted molar refractivity (Wildman–Crippen MR) is 118 cm³/mol. The highest BCUT2D eigenvalue weighted by Crippen LogP contribution is 2.40. The van der Waals surface area contributed by atoms with Crippen molar-refractivity contribution in [1.29, 1.82) is 0 Å². The number of hydrogen-bond donors (Lipinski definition) is 0. The Balaban J connectivity index is 1.37. The van der Waals surface area contributed by atoms with E-state index in [1.165, 1.54) is 0 Å². The predicted octanol–water partition coefficient (Wildman–Crippen LogP) is 3.54. The van der Waals surface area contributed by atoms with Crippen LogP contribution in [0.15, 0.2) is 63.8 Å². The molecule has 6 nitrogen and oxygen atoms in total. The fourth-order valence-corrected chi connectivity index (χ4v) is 4.89. The summed E-state index contributed by atoms with van der Waals surface area (Å²) < 4.78 is 5.45. The third-order valence-electron chi connectivity index (χ3n) is 6.70. The highest BCUT2D eigenvalue weighted by molar-refractivity contribution is 5.96. The van der Waals surface area contributed by atoms with E-state index in [1.807, 2.05) is 42.3 Å². The van der Waals surface area contributed by atoms with Crippen LogP contribution in [-0.2, 0) is 4.79 Å². The highest BCUT2D eigenvalue weighted by atomic mass is 16.4. The van der Waals surface area contributed by atoms with Crippen LogP contribution in [0.5, 0.6) is 0 Å². The molecule has 0 N–H and O–H groups in total. The molecule has 31 heavy (non-hydrogen) atoms. The number of fused-ring (bicyclic) bond motifs is 1. The van der Waals surface area contributed by atoms with E-state index in [4.69, 9.17) is 4.42 Å². The lowest BCUT2D eigenvalue weighted by Crippen LogP contribution is -2.44. The summed E-state index contributed by atoms with van der Waals surface area (Å²) >= 11 is 0. The molecule has 0 unspecified atom stereocenters. The second-order valence-corrected chi connectivity index (χ2v) is 8.78. The number of carbonyl (C=O) groups excluding carboxylic acids is 2. The van der Waals surface area contributed by atoms with Gasteiger partial charge in [0.25, 0.3) is 5.91 Å². The molecule has 0 saturated carbocycles. The lowest BCUT2D eigenvalue weighted by atomic mass is 9.77. The van der Waals surface area contributed by atoms with Gasteiger partial charge in [0.2, 0.25) is 5.91 Å². The largest absolute Gasteiger partial charge is 0.422 e. The van der Waals surface area contributed by atoms with Crippen molar-refractivity contribution in [2.75, 3.05) is 26.7 Å². The van der Waals surface area contributed by atoms with Crippen molar-refractivity contribution in [3.8, 4) is 11.1 Å². The van der Waals surface area contributed by atoms with E-state index < -0.39 is 5.63 Å². The minimum absolute atomic E-state index is 0.00845. The Morgan fingerprint density at radius 2 is 1.77 bits per heavy atom. The topological polar surface area (TPSA) is 70.8 Å². The summed E-state index contributed by atoms with van der Waals surface area (Å²) in [6, 6.07) is 16.4. The number of amides is 2. The maximum Gasteiger partial charge on any atom is 0.344 e. The number of rotatable bonds is 2. The van der Waals surface area contributed by atoms with Gasteiger partial charge in [0.1, 0.15) is 5.58 Å². The number of carbonyl (C=O) groups is 2. The maximum atomic E-state index is 13.2. The smallest absolute Gasteiger partial charge is 0.344 e. The molecule has 0 aliphatic carbocycles. The van der Waals surface area contributed by atoms with Crippen LogP contribution >= 0.6 is 0 Å². The SMILES string of the molecule is CN1CC2(CCN(C(=O)c3cccc(-c4cc5ccccc5oc4=O)c3)CC2)CC1=O. The Morgan fingerprint density at radius 3 is 2.52 bits per heavy atom. The van der Waals surface area contributed by atoms with Crippen LogP contribution in [-0.4, -0.2) is 48.3 Å². The molecule has 2 saturated heterocycles. The summed E-state index contributed by atoms with van der Waals surface area (Å²) in [4.78, 5) is 41.3. The van der Waals surface area contributed by atoms with Gasteiger partial charge in [-0.15, -0.1) is 0 Å². The zero-order chi connectivity index (χ0) is 21.6. The molecule has 6 heteroatoms. The van der Waals surface area contributed by atoms with Gasteiger partial charge in [0.15, 0.2) is 0 Å². The molecular weight excluding hydrogens is 392 g/mol. The quantitative estimate of drug-likeness (QED) is 0.599. The summed E-state index contributed by atoms with van der Waals surface area (Å²) in [6.07, 6.45) is 2.25. The molecule has 0 bridgehead atoms. The average molecular weight is 416 g/mol. The number of nitrogens with zero attached hydrogens (tertiary/aromatic N) is 2. The minimum Gasteiger partial charge on any atom is -0.422 e. The first-order valence-corrected chi connectivity index (χ1v) is 10.6. The van der Waals surface area contributed by atoms with Gasteiger partial charge in [0.05, 0.1) is 5.56 Å². The fraction of sp³-hybridized carbons (Fsp3) is 0.320. The molecule has 0 atom stereocenters. The standard InChI is InChI=1S/C25H24N2O4/c1-26-16-25(15-22(26)28)9-11-27(12-10-25)23(29)19-7-4-6-17(13-19)20-14-18-5-2-3-8-21(18)31-24(20)30/h2-8,13-14H,9-12,15-16H2,1H3. The number of likely N-dealkylation sites (tertiary alicyclic amines) is 2. The molecule has 3 aromatic rings. The maximum absolute atomic E-state index is 13.2. The Hall–Kier alpha value is -3.41. The molecule has 2 aliphatic heterocycles. The molecule has 2 aromatic carbocycles. The second-order valence-electron chi connectivity index (χ2n) is 8.78. The molecule has 2 amide bonds. The molecule has 3 heterocycles. The van der Waals surface area contributed by atoms with Gasteiger partial charge in [-0.05, 0) is 42.7 Å². The first kappa shape index (κ1) is 19.5. The summed E-state index contributed by atoms with van der Waals surface area (Å²) in [5.74, 6) is 0.154. The molecule has 0 radical (unpaired) electrons. The Bertz CT molecular complexity index is 1240. The summed E-state index contributed by atoms with van der Waals surface area (Å²) in [6.45, 7) is 2.06. The molecule has 2 fully saturated rings. The van der Waals surface area contributed by atoms with E-state index >= 15 is 0 Å². The average Bonchev–Trinajstić information content (AvgIpc) is 3.06. The van der Waals surface area contributed by atoms with E-state index in [9.17, 15) is 14.4 Å². The second kappa shape index (κ2) is 7.38. The molecule has 2 aliphatic rings. The van der Waals surface area contributed by atoms with Gasteiger partial charge >= 0.3 is 5.63 Å². The fourth-order valence-electron chi connectivity index (χ4n) is 4.89. The normalized spacial score (nSPS) is 18.2. The summed E-state index contributed by atoms with van der Waals surface area (Å²) in [7, 11) is 1.85. The Kier molecular flexibility index (Phi) is 4.65. The van der Waals surface area contributed by atoms with Crippen molar-refractivity contribution < 1.29 is 14.0 Å². The zero-order valence-corrected chi connectivity index (χ0v) is 17.5. The van der Waals surface area contributed by atoms with Crippen molar-refractivity contribution in [3.05, 3.63) is 70.6 Å². The number of benzene rings is 2. The first-order chi connectivity index (χ1) is 14.9. The number of para-hydroxylation sites is 1. The Morgan fingerprint density at radius 1 is 1.00 bits per heavy atom. The minimum atomic E-state index is -0.418. The van der Waals surface area contributed by atoms with E-state index in [0.29, 0.717) is 41.8 Å². The van der Waals surface area contributed by atoms with Crippen LogP contribution < -0.4 is 5.63 Å². The third kappa shape index (κ3) is 3.52. The summed E-state index contributed by atoms with van der Waals surface area (Å²) in [5, 5.41) is 0.839. The molecule has 1 aromatic heterocycles. The monoisotopic (exact) mass is 416 g/mol. The van der Waals surface area contributed by atoms with E-state index in [-0.39, 0.29) is 17.2 Å². The van der Waals surface area contributed by atoms with Crippen LogP contribution in [0.1, 0.15) is 29.6 Å². The summed E-state index contributed by atoms with van der Waals surface area (Å²) in [5.41, 5.74) is 1.80. The van der Waals surface area contributed by atoms with E-state index in [2.05, 4.69) is 0 Å². The van der Waals surface area contributed by atoms with Crippen LogP contribution in [0.3, 0.4) is 0 Å². The van der Waals surface area contributed by atoms with Crippen LogP contribution in [0.25, 0.3) is 22.1 Å². The lowest BCUT2D eigenvalue weighted by Gasteiger charge is -2.38. The Labute approximate surface area is 180 Å². The van der Waals surface area contributed by atoms with Crippen LogP contribution in [0.2, 0.25) is 0 Å².